The van der Waals surface area contributed by atoms with Crippen LogP contribution >= 0.6 is 0 Å². The number of carbonyl (C=O) groups excluding carboxylic acids is 2. The lowest BCUT2D eigenvalue weighted by Gasteiger charge is -2.13. The van der Waals surface area contributed by atoms with Gasteiger partial charge in [-0.3, -0.25) is 9.59 Å². The van der Waals surface area contributed by atoms with Crippen LogP contribution in [0.25, 0.3) is 34.2 Å². The van der Waals surface area contributed by atoms with Crippen molar-refractivity contribution in [2.75, 3.05) is 7.11 Å². The molecule has 4 aromatic rings. The Morgan fingerprint density at radius 1 is 0.692 bits per heavy atom. The van der Waals surface area contributed by atoms with Gasteiger partial charge in [0, 0.05) is 22.8 Å². The van der Waals surface area contributed by atoms with Crippen molar-refractivity contribution in [1.29, 1.82) is 0 Å². The molecule has 9 nitrogen and oxygen atoms in total. The van der Waals surface area contributed by atoms with E-state index < -0.39 is 11.9 Å². The molecule has 0 fully saturated rings. The van der Waals surface area contributed by atoms with Crippen molar-refractivity contribution in [2.24, 2.45) is 5.18 Å². The number of benzene rings is 3. The molecule has 0 aliphatic heterocycles. The minimum Gasteiger partial charge on any atom is -0.469 e. The number of nitroso groups, excluding NO2 is 1. The van der Waals surface area contributed by atoms with Crippen LogP contribution in [0, 0.1) is 32.6 Å². The predicted octanol–water partition coefficient (Wildman–Crippen LogP) is 6.36. The maximum atomic E-state index is 12.1. The van der Waals surface area contributed by atoms with Gasteiger partial charge in [-0.05, 0) is 56.1 Å². The first kappa shape index (κ1) is 27.3. The zero-order valence-corrected chi connectivity index (χ0v) is 22.4. The van der Waals surface area contributed by atoms with E-state index in [1.807, 2.05) is 52.0 Å². The summed E-state index contributed by atoms with van der Waals surface area (Å²) in [7, 11) is 1.24. The van der Waals surface area contributed by atoms with Gasteiger partial charge in [0.25, 0.3) is 0 Å². The fourth-order valence-corrected chi connectivity index (χ4v) is 4.19. The van der Waals surface area contributed by atoms with E-state index in [2.05, 4.69) is 22.0 Å². The van der Waals surface area contributed by atoms with Gasteiger partial charge in [0.2, 0.25) is 0 Å². The summed E-state index contributed by atoms with van der Waals surface area (Å²) in [6, 6.07) is 16.5. The Bertz CT molecular complexity index is 1510. The zero-order valence-electron chi connectivity index (χ0n) is 22.4. The molecule has 0 amide bonds. The Morgan fingerprint density at radius 2 is 1.18 bits per heavy atom. The van der Waals surface area contributed by atoms with Crippen LogP contribution in [0.5, 0.6) is 5.75 Å². The van der Waals surface area contributed by atoms with Gasteiger partial charge >= 0.3 is 11.9 Å². The highest BCUT2D eigenvalue weighted by Gasteiger charge is 2.19. The standard InChI is InChI=1S/C30H28N4O5/c1-17-6-9-22(19(3)14-17)28-31-29(23-10-7-18(2)15-20(23)4)33-30(32-28)24-11-8-21(16-25(24)34-37)39-27(36)13-12-26(35)38-5/h6-11,14-16H,12-13H2,1-5H3. The van der Waals surface area contributed by atoms with Gasteiger partial charge in [0.1, 0.15) is 11.4 Å². The summed E-state index contributed by atoms with van der Waals surface area (Å²) in [6.07, 6.45) is -0.274. The van der Waals surface area contributed by atoms with Crippen LogP contribution in [0.2, 0.25) is 0 Å². The van der Waals surface area contributed by atoms with Crippen molar-refractivity contribution in [3.05, 3.63) is 81.8 Å². The molecule has 9 heteroatoms. The lowest BCUT2D eigenvalue weighted by atomic mass is 10.0. The van der Waals surface area contributed by atoms with E-state index in [9.17, 15) is 14.5 Å². The molecule has 0 atom stereocenters. The van der Waals surface area contributed by atoms with Gasteiger partial charge in [0.05, 0.1) is 20.0 Å². The van der Waals surface area contributed by atoms with Gasteiger partial charge in [-0.2, -0.15) is 0 Å². The van der Waals surface area contributed by atoms with Gasteiger partial charge < -0.3 is 9.47 Å². The maximum absolute atomic E-state index is 12.1. The van der Waals surface area contributed by atoms with Gasteiger partial charge in [0.15, 0.2) is 17.5 Å². The Hall–Kier alpha value is -4.79. The molecule has 0 radical (unpaired) electrons. The highest BCUT2D eigenvalue weighted by atomic mass is 16.5. The molecular weight excluding hydrogens is 496 g/mol. The molecule has 198 valence electrons. The average molecular weight is 525 g/mol. The molecule has 1 aromatic heterocycles. The Balaban J connectivity index is 1.79. The Morgan fingerprint density at radius 3 is 1.67 bits per heavy atom. The summed E-state index contributed by atoms with van der Waals surface area (Å²) in [6.45, 7) is 8.01. The normalized spacial score (nSPS) is 10.7. The topological polar surface area (TPSA) is 121 Å². The van der Waals surface area contributed by atoms with E-state index in [0.717, 1.165) is 33.4 Å². The summed E-state index contributed by atoms with van der Waals surface area (Å²) in [5.41, 5.74) is 6.27. The molecule has 0 saturated carbocycles. The number of esters is 2. The van der Waals surface area contributed by atoms with Gasteiger partial charge in [-0.15, -0.1) is 4.91 Å². The summed E-state index contributed by atoms with van der Waals surface area (Å²) >= 11 is 0. The number of rotatable bonds is 8. The number of methoxy groups -OCH3 is 1. The van der Waals surface area contributed by atoms with Crippen molar-refractivity contribution in [3.63, 3.8) is 0 Å². The molecule has 4 rings (SSSR count). The number of ether oxygens (including phenoxy) is 2. The highest BCUT2D eigenvalue weighted by molar-refractivity contribution is 5.80. The molecule has 3 aromatic carbocycles. The lowest BCUT2D eigenvalue weighted by Crippen LogP contribution is -2.11. The summed E-state index contributed by atoms with van der Waals surface area (Å²) < 4.78 is 9.82. The number of nitrogens with zero attached hydrogens (tertiary/aromatic N) is 4. The largest absolute Gasteiger partial charge is 0.469 e. The molecule has 0 unspecified atom stereocenters. The van der Waals surface area contributed by atoms with Crippen LogP contribution in [-0.2, 0) is 14.3 Å². The molecule has 1 heterocycles. The lowest BCUT2D eigenvalue weighted by molar-refractivity contribution is -0.144. The fraction of sp³-hybridized carbons (Fsp3) is 0.233. The number of hydrogen-bond donors (Lipinski definition) is 0. The molecule has 0 saturated heterocycles. The second kappa shape index (κ2) is 11.7. The molecular formula is C30H28N4O5. The molecule has 39 heavy (non-hydrogen) atoms. The third-order valence-corrected chi connectivity index (χ3v) is 6.18. The molecule has 0 bridgehead atoms. The van der Waals surface area contributed by atoms with Crippen molar-refractivity contribution in [3.8, 4) is 39.9 Å². The third-order valence-electron chi connectivity index (χ3n) is 6.18. The number of hydrogen-bond acceptors (Lipinski definition) is 9. The van der Waals surface area contributed by atoms with Crippen LogP contribution in [0.1, 0.15) is 35.1 Å². The van der Waals surface area contributed by atoms with Crippen LogP contribution in [-0.4, -0.2) is 34.0 Å². The summed E-state index contributed by atoms with van der Waals surface area (Å²) in [4.78, 5) is 49.5. The minimum absolute atomic E-state index is 0.00220. The predicted molar refractivity (Wildman–Crippen MR) is 147 cm³/mol. The van der Waals surface area contributed by atoms with Crippen molar-refractivity contribution >= 4 is 17.6 Å². The van der Waals surface area contributed by atoms with E-state index in [1.165, 1.54) is 19.2 Å². The molecule has 0 aliphatic rings. The first-order chi connectivity index (χ1) is 18.7. The molecule has 0 N–H and O–H groups in total. The second-order valence-corrected chi connectivity index (χ2v) is 9.26. The van der Waals surface area contributed by atoms with Crippen LogP contribution in [0.4, 0.5) is 5.69 Å². The van der Waals surface area contributed by atoms with Crippen LogP contribution in [0.3, 0.4) is 0 Å². The summed E-state index contributed by atoms with van der Waals surface area (Å²) in [5, 5.41) is 3.15. The van der Waals surface area contributed by atoms with E-state index >= 15 is 0 Å². The quantitative estimate of drug-likeness (QED) is 0.148. The van der Waals surface area contributed by atoms with E-state index in [-0.39, 0.29) is 30.1 Å². The van der Waals surface area contributed by atoms with Crippen LogP contribution in [0.15, 0.2) is 59.8 Å². The summed E-state index contributed by atoms with van der Waals surface area (Å²) in [5.74, 6) is 0.130. The van der Waals surface area contributed by atoms with Crippen LogP contribution < -0.4 is 4.74 Å². The fourth-order valence-electron chi connectivity index (χ4n) is 4.19. The molecule has 0 spiro atoms. The van der Waals surface area contributed by atoms with E-state index in [0.29, 0.717) is 17.2 Å². The zero-order chi connectivity index (χ0) is 28.1. The van der Waals surface area contributed by atoms with Gasteiger partial charge in [-0.25, -0.2) is 15.0 Å². The highest BCUT2D eigenvalue weighted by Crippen LogP contribution is 2.35. The number of aryl methyl sites for hydroxylation is 4. The Labute approximate surface area is 226 Å². The third kappa shape index (κ3) is 6.38. The van der Waals surface area contributed by atoms with E-state index in [4.69, 9.17) is 19.7 Å². The maximum Gasteiger partial charge on any atom is 0.311 e. The monoisotopic (exact) mass is 524 g/mol. The first-order valence-corrected chi connectivity index (χ1v) is 12.3. The van der Waals surface area contributed by atoms with Crippen molar-refractivity contribution in [2.45, 2.75) is 40.5 Å². The number of aromatic nitrogens is 3. The molecule has 0 aliphatic carbocycles. The SMILES string of the molecule is COC(=O)CCC(=O)Oc1ccc(-c2nc(-c3ccc(C)cc3C)nc(-c3ccc(C)cc3C)n2)c(N=O)c1. The van der Waals surface area contributed by atoms with Crippen molar-refractivity contribution in [1.82, 2.24) is 15.0 Å². The average Bonchev–Trinajstić information content (AvgIpc) is 2.91. The Kier molecular flexibility index (Phi) is 8.19. The van der Waals surface area contributed by atoms with E-state index in [1.54, 1.807) is 6.07 Å². The second-order valence-electron chi connectivity index (χ2n) is 9.26. The van der Waals surface area contributed by atoms with Crippen molar-refractivity contribution < 1.29 is 19.1 Å². The minimum atomic E-state index is -0.639. The number of carbonyl (C=O) groups is 2. The smallest absolute Gasteiger partial charge is 0.311 e. The first-order valence-electron chi connectivity index (χ1n) is 12.3. The van der Waals surface area contributed by atoms with Gasteiger partial charge in [-0.1, -0.05) is 47.5 Å².